The number of nitrogens with one attached hydrogen (secondary N) is 1. The van der Waals surface area contributed by atoms with E-state index in [0.29, 0.717) is 11.4 Å². The molecule has 6 nitrogen and oxygen atoms in total. The number of aromatic amines is 1. The zero-order valence-corrected chi connectivity index (χ0v) is 14.3. The second kappa shape index (κ2) is 7.19. The molecule has 1 atom stereocenters. The molecule has 1 fully saturated rings. The van der Waals surface area contributed by atoms with Crippen molar-refractivity contribution in [1.29, 1.82) is 0 Å². The molecule has 0 aliphatic carbocycles. The van der Waals surface area contributed by atoms with Gasteiger partial charge < -0.3 is 4.98 Å². The van der Waals surface area contributed by atoms with Crippen LogP contribution in [0.3, 0.4) is 0 Å². The second-order valence-corrected chi connectivity index (χ2v) is 6.69. The van der Waals surface area contributed by atoms with Crippen LogP contribution >= 0.6 is 0 Å². The summed E-state index contributed by atoms with van der Waals surface area (Å²) in [5.41, 5.74) is 0.723. The average Bonchev–Trinajstić information content (AvgIpc) is 3.14. The van der Waals surface area contributed by atoms with Crippen LogP contribution in [0.4, 0.5) is 0 Å². The molecule has 0 spiro atoms. The summed E-state index contributed by atoms with van der Waals surface area (Å²) >= 11 is 0. The molecule has 3 aromatic rings. The van der Waals surface area contributed by atoms with E-state index in [2.05, 4.69) is 20.0 Å². The molecular formula is C19H23N5O. The molecular weight excluding hydrogens is 314 g/mol. The van der Waals surface area contributed by atoms with Gasteiger partial charge in [-0.3, -0.25) is 14.4 Å². The molecule has 2 aromatic heterocycles. The molecule has 6 heteroatoms. The summed E-state index contributed by atoms with van der Waals surface area (Å²) in [6.45, 7) is 2.94. The second-order valence-electron chi connectivity index (χ2n) is 6.69. The van der Waals surface area contributed by atoms with Gasteiger partial charge in [-0.1, -0.05) is 18.6 Å². The molecule has 0 bridgehead atoms. The number of aromatic nitrogens is 4. The molecule has 1 aliphatic rings. The van der Waals surface area contributed by atoms with E-state index in [1.807, 2.05) is 47.4 Å². The number of hydrogen-bond donors (Lipinski definition) is 1. The van der Waals surface area contributed by atoms with E-state index in [1.54, 1.807) is 0 Å². The summed E-state index contributed by atoms with van der Waals surface area (Å²) in [5.74, 6) is 0.770. The van der Waals surface area contributed by atoms with Crippen LogP contribution in [0.15, 0.2) is 47.5 Å². The summed E-state index contributed by atoms with van der Waals surface area (Å²) in [6.07, 6.45) is 8.31. The van der Waals surface area contributed by atoms with Crippen molar-refractivity contribution in [1.82, 2.24) is 24.6 Å². The Morgan fingerprint density at radius 3 is 3.00 bits per heavy atom. The Morgan fingerprint density at radius 2 is 2.12 bits per heavy atom. The Hall–Kier alpha value is -2.47. The molecule has 1 saturated heterocycles. The van der Waals surface area contributed by atoms with Gasteiger partial charge in [0.25, 0.3) is 5.56 Å². The third-order valence-electron chi connectivity index (χ3n) is 5.00. The van der Waals surface area contributed by atoms with Crippen molar-refractivity contribution < 1.29 is 0 Å². The Labute approximate surface area is 146 Å². The molecule has 1 N–H and O–H groups in total. The number of fused-ring (bicyclic) bond motifs is 1. The maximum atomic E-state index is 12.2. The number of nitrogens with zero attached hydrogens (tertiary/aromatic N) is 4. The smallest absolute Gasteiger partial charge is 0.258 e. The number of hydrogen-bond acceptors (Lipinski definition) is 4. The van der Waals surface area contributed by atoms with Gasteiger partial charge in [0.2, 0.25) is 0 Å². The van der Waals surface area contributed by atoms with Crippen LogP contribution < -0.4 is 5.56 Å². The summed E-state index contributed by atoms with van der Waals surface area (Å²) in [5, 5.41) is 4.99. The minimum Gasteiger partial charge on any atom is -0.310 e. The van der Waals surface area contributed by atoms with Gasteiger partial charge in [0, 0.05) is 31.4 Å². The number of rotatable bonds is 5. The zero-order valence-electron chi connectivity index (χ0n) is 14.3. The van der Waals surface area contributed by atoms with Crippen LogP contribution in [-0.4, -0.2) is 43.8 Å². The van der Waals surface area contributed by atoms with E-state index in [1.165, 1.54) is 19.3 Å². The van der Waals surface area contributed by atoms with Crippen molar-refractivity contribution in [2.24, 2.45) is 0 Å². The van der Waals surface area contributed by atoms with Gasteiger partial charge in [-0.2, -0.15) is 5.10 Å². The average molecular weight is 337 g/mol. The van der Waals surface area contributed by atoms with Crippen LogP contribution in [0.2, 0.25) is 0 Å². The van der Waals surface area contributed by atoms with E-state index < -0.39 is 0 Å². The molecule has 1 aromatic carbocycles. The Bertz CT molecular complexity index is 886. The molecule has 3 heterocycles. The fraction of sp³-hybridized carbons (Fsp3) is 0.421. The van der Waals surface area contributed by atoms with Crippen molar-refractivity contribution in [2.45, 2.75) is 38.3 Å². The molecule has 1 aliphatic heterocycles. The van der Waals surface area contributed by atoms with Gasteiger partial charge in [0.15, 0.2) is 0 Å². The number of H-pyrrole nitrogens is 1. The first-order chi connectivity index (χ1) is 12.3. The maximum absolute atomic E-state index is 12.2. The van der Waals surface area contributed by atoms with Gasteiger partial charge in [-0.05, 0) is 37.6 Å². The number of piperidine rings is 1. The summed E-state index contributed by atoms with van der Waals surface area (Å²) in [6, 6.07) is 9.97. The lowest BCUT2D eigenvalue weighted by molar-refractivity contribution is 0.130. The fourth-order valence-corrected chi connectivity index (χ4v) is 3.69. The van der Waals surface area contributed by atoms with E-state index >= 15 is 0 Å². The van der Waals surface area contributed by atoms with Gasteiger partial charge in [-0.15, -0.1) is 0 Å². The van der Waals surface area contributed by atoms with Gasteiger partial charge in [0.05, 0.1) is 17.4 Å². The monoisotopic (exact) mass is 337 g/mol. The topological polar surface area (TPSA) is 66.8 Å². The third kappa shape index (κ3) is 3.64. The third-order valence-corrected chi connectivity index (χ3v) is 5.00. The predicted octanol–water partition coefficient (Wildman–Crippen LogP) is 2.22. The van der Waals surface area contributed by atoms with Crippen molar-refractivity contribution in [3.05, 3.63) is 58.9 Å². The lowest BCUT2D eigenvalue weighted by Crippen LogP contribution is -2.43. The normalized spacial score (nSPS) is 18.6. The van der Waals surface area contributed by atoms with E-state index in [4.69, 9.17) is 0 Å². The molecule has 0 saturated carbocycles. The first-order valence-electron chi connectivity index (χ1n) is 8.99. The summed E-state index contributed by atoms with van der Waals surface area (Å²) in [4.78, 5) is 22.3. The Kier molecular flexibility index (Phi) is 4.61. The van der Waals surface area contributed by atoms with Gasteiger partial charge in [0.1, 0.15) is 5.82 Å². The van der Waals surface area contributed by atoms with Crippen molar-refractivity contribution in [3.63, 3.8) is 0 Å². The predicted molar refractivity (Wildman–Crippen MR) is 97.5 cm³/mol. The fourth-order valence-electron chi connectivity index (χ4n) is 3.69. The van der Waals surface area contributed by atoms with Crippen LogP contribution in [-0.2, 0) is 13.0 Å². The summed E-state index contributed by atoms with van der Waals surface area (Å²) in [7, 11) is 0. The highest BCUT2D eigenvalue weighted by Gasteiger charge is 2.22. The highest BCUT2D eigenvalue weighted by Crippen LogP contribution is 2.18. The number of likely N-dealkylation sites (tertiary alicyclic amines) is 1. The van der Waals surface area contributed by atoms with Gasteiger partial charge in [-0.25, -0.2) is 4.98 Å². The molecule has 25 heavy (non-hydrogen) atoms. The van der Waals surface area contributed by atoms with Crippen LogP contribution in [0.1, 0.15) is 25.1 Å². The molecule has 4 rings (SSSR count). The number of benzene rings is 1. The highest BCUT2D eigenvalue weighted by atomic mass is 16.1. The van der Waals surface area contributed by atoms with E-state index in [9.17, 15) is 4.79 Å². The molecule has 0 amide bonds. The first kappa shape index (κ1) is 16.0. The SMILES string of the molecule is O=c1[nH]c(CCN2CCCC[C@@H]2Cn2cccn2)nc2ccccc12. The quantitative estimate of drug-likeness (QED) is 0.775. The standard InChI is InChI=1S/C19H23N5O/c25-19-16-7-1-2-8-17(16)21-18(22-19)9-13-23-11-4-3-6-15(23)14-24-12-5-10-20-24/h1-2,5,7-8,10,12,15H,3-4,6,9,11,13-14H2,(H,21,22,25)/t15-/m1/s1. The van der Waals surface area contributed by atoms with Crippen LogP contribution in [0.5, 0.6) is 0 Å². The van der Waals surface area contributed by atoms with Crippen molar-refractivity contribution in [2.75, 3.05) is 13.1 Å². The van der Waals surface area contributed by atoms with Crippen LogP contribution in [0.25, 0.3) is 10.9 Å². The van der Waals surface area contributed by atoms with Crippen molar-refractivity contribution in [3.8, 4) is 0 Å². The molecule has 0 unspecified atom stereocenters. The minimum absolute atomic E-state index is 0.0488. The minimum atomic E-state index is -0.0488. The van der Waals surface area contributed by atoms with E-state index in [0.717, 1.165) is 37.4 Å². The van der Waals surface area contributed by atoms with E-state index in [-0.39, 0.29) is 5.56 Å². The zero-order chi connectivity index (χ0) is 17.1. The Morgan fingerprint density at radius 1 is 1.20 bits per heavy atom. The maximum Gasteiger partial charge on any atom is 0.258 e. The molecule has 0 radical (unpaired) electrons. The largest absolute Gasteiger partial charge is 0.310 e. The lowest BCUT2D eigenvalue weighted by atomic mass is 10.0. The van der Waals surface area contributed by atoms with Crippen molar-refractivity contribution >= 4 is 10.9 Å². The Balaban J connectivity index is 1.46. The van der Waals surface area contributed by atoms with Gasteiger partial charge >= 0.3 is 0 Å². The first-order valence-corrected chi connectivity index (χ1v) is 8.99. The lowest BCUT2D eigenvalue weighted by Gasteiger charge is -2.35. The van der Waals surface area contributed by atoms with Crippen LogP contribution in [0, 0.1) is 0 Å². The number of para-hydroxylation sites is 1. The summed E-state index contributed by atoms with van der Waals surface area (Å²) < 4.78 is 2.01. The molecule has 130 valence electrons. The highest BCUT2D eigenvalue weighted by molar-refractivity contribution is 5.77.